The van der Waals surface area contributed by atoms with Gasteiger partial charge in [0.2, 0.25) is 5.91 Å². The zero-order chi connectivity index (χ0) is 16.4. The number of nitrogens with one attached hydrogen (secondary N) is 1. The van der Waals surface area contributed by atoms with Crippen molar-refractivity contribution >= 4 is 33.0 Å². The molecule has 0 unspecified atom stereocenters. The molecule has 6 heteroatoms. The molecule has 2 aromatic rings. The number of anilines is 1. The minimum absolute atomic E-state index is 0.176. The number of benzene rings is 2. The highest BCUT2D eigenvalue weighted by atomic mass is 35.5. The second-order valence-electron chi connectivity index (χ2n) is 5.56. The van der Waals surface area contributed by atoms with Crippen LogP contribution in [0.4, 0.5) is 5.69 Å². The van der Waals surface area contributed by atoms with E-state index in [1.54, 1.807) is 30.3 Å². The molecular formula is C17H16ClNO3S. The number of carbonyl (C=O) groups is 1. The average Bonchev–Trinajstić information content (AvgIpc) is 2.49. The molecule has 0 spiro atoms. The fraction of sp³-hybridized carbons (Fsp3) is 0.235. The number of aryl methyl sites for hydroxylation is 1. The van der Waals surface area contributed by atoms with Crippen molar-refractivity contribution < 1.29 is 13.2 Å². The number of halogens is 1. The minimum Gasteiger partial charge on any atom is -0.326 e. The monoisotopic (exact) mass is 349 g/mol. The molecule has 4 nitrogen and oxygen atoms in total. The van der Waals surface area contributed by atoms with Crippen LogP contribution in [-0.4, -0.2) is 20.1 Å². The van der Waals surface area contributed by atoms with Gasteiger partial charge in [0.15, 0.2) is 9.84 Å². The Bertz CT molecular complexity index is 862. The number of fused-ring (bicyclic) bond motifs is 1. The molecule has 1 N–H and O–H groups in total. The summed E-state index contributed by atoms with van der Waals surface area (Å²) in [7, 11) is -3.17. The summed E-state index contributed by atoms with van der Waals surface area (Å²) in [6, 6.07) is 12.2. The first-order valence-corrected chi connectivity index (χ1v) is 9.38. The van der Waals surface area contributed by atoms with E-state index in [1.165, 1.54) is 0 Å². The van der Waals surface area contributed by atoms with Crippen LogP contribution in [0.1, 0.15) is 17.5 Å². The van der Waals surface area contributed by atoms with Gasteiger partial charge in [0.25, 0.3) is 0 Å². The molecule has 0 radical (unpaired) electrons. The van der Waals surface area contributed by atoms with Crippen LogP contribution in [-0.2, 0) is 27.5 Å². The molecule has 1 amide bonds. The van der Waals surface area contributed by atoms with E-state index in [0.717, 1.165) is 11.1 Å². The van der Waals surface area contributed by atoms with Gasteiger partial charge in [-0.1, -0.05) is 29.8 Å². The lowest BCUT2D eigenvalue weighted by molar-refractivity contribution is -0.115. The summed E-state index contributed by atoms with van der Waals surface area (Å²) in [5.41, 5.74) is 2.14. The highest BCUT2D eigenvalue weighted by molar-refractivity contribution is 7.91. The van der Waals surface area contributed by atoms with Gasteiger partial charge in [-0.05, 0) is 48.2 Å². The van der Waals surface area contributed by atoms with E-state index in [9.17, 15) is 13.2 Å². The van der Waals surface area contributed by atoms with Crippen LogP contribution in [0.15, 0.2) is 47.4 Å². The maximum absolute atomic E-state index is 12.1. The molecule has 0 fully saturated rings. The zero-order valence-corrected chi connectivity index (χ0v) is 14.0. The lowest BCUT2D eigenvalue weighted by atomic mass is 10.1. The number of sulfone groups is 1. The van der Waals surface area contributed by atoms with Crippen molar-refractivity contribution in [3.05, 3.63) is 58.6 Å². The van der Waals surface area contributed by atoms with Gasteiger partial charge in [0, 0.05) is 10.7 Å². The molecule has 0 atom stereocenters. The third kappa shape index (κ3) is 3.57. The van der Waals surface area contributed by atoms with Gasteiger partial charge >= 0.3 is 0 Å². The van der Waals surface area contributed by atoms with E-state index in [0.29, 0.717) is 28.4 Å². The number of amides is 1. The summed E-state index contributed by atoms with van der Waals surface area (Å²) >= 11 is 6.05. The highest BCUT2D eigenvalue weighted by Gasteiger charge is 2.23. The van der Waals surface area contributed by atoms with Crippen molar-refractivity contribution in [2.24, 2.45) is 0 Å². The quantitative estimate of drug-likeness (QED) is 0.925. The van der Waals surface area contributed by atoms with Crippen molar-refractivity contribution in [1.29, 1.82) is 0 Å². The standard InChI is InChI=1S/C17H16ClNO3S/c18-15-6-2-1-4-12(15)11-17(20)19-14-7-8-16-13(10-14)5-3-9-23(16,21)22/h1-2,4,6-8,10H,3,5,9,11H2,(H,19,20). The first-order valence-electron chi connectivity index (χ1n) is 7.35. The van der Waals surface area contributed by atoms with E-state index >= 15 is 0 Å². The maximum atomic E-state index is 12.1. The maximum Gasteiger partial charge on any atom is 0.228 e. The first kappa shape index (κ1) is 16.0. The van der Waals surface area contributed by atoms with Crippen molar-refractivity contribution in [3.8, 4) is 0 Å². The van der Waals surface area contributed by atoms with Gasteiger partial charge in [-0.15, -0.1) is 0 Å². The molecule has 1 heterocycles. The van der Waals surface area contributed by atoms with Gasteiger partial charge in [0.05, 0.1) is 17.1 Å². The molecular weight excluding hydrogens is 334 g/mol. The van der Waals surface area contributed by atoms with Crippen LogP contribution in [0.5, 0.6) is 0 Å². The number of hydrogen-bond acceptors (Lipinski definition) is 3. The predicted molar refractivity (Wildman–Crippen MR) is 90.6 cm³/mol. The van der Waals surface area contributed by atoms with Gasteiger partial charge in [0.1, 0.15) is 0 Å². The molecule has 0 saturated carbocycles. The lowest BCUT2D eigenvalue weighted by Gasteiger charge is -2.17. The van der Waals surface area contributed by atoms with E-state index in [1.807, 2.05) is 12.1 Å². The van der Waals surface area contributed by atoms with E-state index < -0.39 is 9.84 Å². The molecule has 0 aliphatic carbocycles. The summed E-state index contributed by atoms with van der Waals surface area (Å²) in [4.78, 5) is 12.5. The average molecular weight is 350 g/mol. The largest absolute Gasteiger partial charge is 0.326 e. The Kier molecular flexibility index (Phi) is 4.41. The van der Waals surface area contributed by atoms with Crippen molar-refractivity contribution in [1.82, 2.24) is 0 Å². The van der Waals surface area contributed by atoms with E-state index in [4.69, 9.17) is 11.6 Å². The highest BCUT2D eigenvalue weighted by Crippen LogP contribution is 2.27. The Labute approximate surface area is 140 Å². The Balaban J connectivity index is 1.76. The van der Waals surface area contributed by atoms with Crippen LogP contribution < -0.4 is 5.32 Å². The molecule has 23 heavy (non-hydrogen) atoms. The third-order valence-electron chi connectivity index (χ3n) is 3.85. The molecule has 1 aliphatic heterocycles. The Hall–Kier alpha value is -1.85. The molecule has 0 bridgehead atoms. The zero-order valence-electron chi connectivity index (χ0n) is 12.4. The first-order chi connectivity index (χ1) is 11.0. The fourth-order valence-corrected chi connectivity index (χ4v) is 4.52. The second-order valence-corrected chi connectivity index (χ2v) is 8.05. The van der Waals surface area contributed by atoms with Crippen LogP contribution in [0.2, 0.25) is 5.02 Å². The van der Waals surface area contributed by atoms with Crippen LogP contribution >= 0.6 is 11.6 Å². The minimum atomic E-state index is -3.17. The van der Waals surface area contributed by atoms with Gasteiger partial charge < -0.3 is 5.32 Å². The summed E-state index contributed by atoms with van der Waals surface area (Å²) in [5, 5.41) is 3.36. The Morgan fingerprint density at radius 3 is 2.74 bits per heavy atom. The number of carbonyl (C=O) groups excluding carboxylic acids is 1. The lowest BCUT2D eigenvalue weighted by Crippen LogP contribution is -2.18. The number of rotatable bonds is 3. The van der Waals surface area contributed by atoms with Crippen LogP contribution in [0.3, 0.4) is 0 Å². The molecule has 3 rings (SSSR count). The van der Waals surface area contributed by atoms with Gasteiger partial charge in [-0.25, -0.2) is 8.42 Å². The summed E-state index contributed by atoms with van der Waals surface area (Å²) in [6.07, 6.45) is 1.50. The van der Waals surface area contributed by atoms with Gasteiger partial charge in [-0.3, -0.25) is 4.79 Å². The van der Waals surface area contributed by atoms with Crippen molar-refractivity contribution in [3.63, 3.8) is 0 Å². The predicted octanol–water partition coefficient (Wildman–Crippen LogP) is 3.24. The summed E-state index contributed by atoms with van der Waals surface area (Å²) in [6.45, 7) is 0. The third-order valence-corrected chi connectivity index (χ3v) is 6.11. The molecule has 2 aromatic carbocycles. The molecule has 0 aromatic heterocycles. The topological polar surface area (TPSA) is 63.2 Å². The van der Waals surface area contributed by atoms with Gasteiger partial charge in [-0.2, -0.15) is 0 Å². The number of hydrogen-bond donors (Lipinski definition) is 1. The summed E-state index contributed by atoms with van der Waals surface area (Å²) < 4.78 is 24.0. The van der Waals surface area contributed by atoms with Crippen LogP contribution in [0, 0.1) is 0 Å². The summed E-state index contributed by atoms with van der Waals surface area (Å²) in [5.74, 6) is 0.00907. The fourth-order valence-electron chi connectivity index (χ4n) is 2.74. The SMILES string of the molecule is O=C(Cc1ccccc1Cl)Nc1ccc2c(c1)CCCS2(=O)=O. The Morgan fingerprint density at radius 2 is 1.96 bits per heavy atom. The van der Waals surface area contributed by atoms with E-state index in [-0.39, 0.29) is 18.1 Å². The van der Waals surface area contributed by atoms with Crippen LogP contribution in [0.25, 0.3) is 0 Å². The molecule has 1 aliphatic rings. The van der Waals surface area contributed by atoms with E-state index in [2.05, 4.69) is 5.32 Å². The normalized spacial score (nSPS) is 15.7. The Morgan fingerprint density at radius 1 is 1.17 bits per heavy atom. The smallest absolute Gasteiger partial charge is 0.228 e. The molecule has 0 saturated heterocycles. The van der Waals surface area contributed by atoms with Crippen molar-refractivity contribution in [2.45, 2.75) is 24.2 Å². The molecule has 120 valence electrons. The van der Waals surface area contributed by atoms with Crippen molar-refractivity contribution in [2.75, 3.05) is 11.1 Å². The second kappa shape index (κ2) is 6.34.